The van der Waals surface area contributed by atoms with Crippen LogP contribution >= 0.6 is 34.8 Å². The van der Waals surface area contributed by atoms with E-state index in [2.05, 4.69) is 15.3 Å². The maximum absolute atomic E-state index is 11.9. The number of carbonyl (C=O) groups is 1. The Morgan fingerprint density at radius 1 is 1.11 bits per heavy atom. The molecule has 92 valence electrons. The smallest absolute Gasteiger partial charge is 0.256 e. The molecule has 0 bridgehead atoms. The van der Waals surface area contributed by atoms with Crippen LogP contribution in [0.15, 0.2) is 30.5 Å². The first-order valence-corrected chi connectivity index (χ1v) is 5.94. The lowest BCUT2D eigenvalue weighted by Gasteiger charge is -2.05. The maximum atomic E-state index is 11.9. The molecular weight excluding hydrogens is 296 g/mol. The van der Waals surface area contributed by atoms with Crippen LogP contribution in [0.4, 0.5) is 5.82 Å². The Kier molecular flexibility index (Phi) is 4.01. The molecule has 0 unspecified atom stereocenters. The van der Waals surface area contributed by atoms with Gasteiger partial charge in [-0.15, -0.1) is 0 Å². The van der Waals surface area contributed by atoms with Crippen LogP contribution in [0, 0.1) is 0 Å². The number of hydrogen-bond acceptors (Lipinski definition) is 3. The molecule has 7 heteroatoms. The van der Waals surface area contributed by atoms with Gasteiger partial charge in [-0.2, -0.15) is 0 Å². The Bertz CT molecular complexity index is 604. The molecule has 0 aliphatic heterocycles. The Labute approximate surface area is 118 Å². The van der Waals surface area contributed by atoms with Crippen LogP contribution in [-0.4, -0.2) is 15.9 Å². The third-order valence-electron chi connectivity index (χ3n) is 2.05. The Morgan fingerprint density at radius 2 is 1.89 bits per heavy atom. The van der Waals surface area contributed by atoms with Crippen molar-refractivity contribution >= 4 is 46.5 Å². The van der Waals surface area contributed by atoms with E-state index in [1.54, 1.807) is 12.1 Å². The first-order valence-electron chi connectivity index (χ1n) is 4.81. The molecule has 18 heavy (non-hydrogen) atoms. The number of amides is 1. The normalized spacial score (nSPS) is 10.2. The van der Waals surface area contributed by atoms with Crippen LogP contribution in [-0.2, 0) is 0 Å². The quantitative estimate of drug-likeness (QED) is 0.861. The Morgan fingerprint density at radius 3 is 2.56 bits per heavy atom. The fourth-order valence-electron chi connectivity index (χ4n) is 1.23. The number of benzene rings is 1. The predicted octanol–water partition coefficient (Wildman–Crippen LogP) is 3.69. The van der Waals surface area contributed by atoms with E-state index in [9.17, 15) is 4.79 Å². The minimum atomic E-state index is -0.358. The summed E-state index contributed by atoms with van der Waals surface area (Å²) in [4.78, 5) is 19.4. The first kappa shape index (κ1) is 13.1. The van der Waals surface area contributed by atoms with E-state index in [0.717, 1.165) is 0 Å². The average molecular weight is 303 g/mol. The van der Waals surface area contributed by atoms with Crippen molar-refractivity contribution < 1.29 is 4.79 Å². The Hall–Kier alpha value is -1.36. The van der Waals surface area contributed by atoms with Gasteiger partial charge in [0.15, 0.2) is 0 Å². The molecule has 1 amide bonds. The van der Waals surface area contributed by atoms with Crippen LogP contribution in [0.3, 0.4) is 0 Å². The molecule has 1 heterocycles. The molecule has 0 radical (unpaired) electrons. The van der Waals surface area contributed by atoms with E-state index in [4.69, 9.17) is 34.8 Å². The molecule has 0 saturated heterocycles. The van der Waals surface area contributed by atoms with E-state index in [-0.39, 0.29) is 11.2 Å². The lowest BCUT2D eigenvalue weighted by molar-refractivity contribution is 0.102. The molecule has 0 saturated carbocycles. The van der Waals surface area contributed by atoms with Crippen LogP contribution in [0.1, 0.15) is 10.4 Å². The zero-order chi connectivity index (χ0) is 13.1. The van der Waals surface area contributed by atoms with Crippen molar-refractivity contribution in [3.63, 3.8) is 0 Å². The minimum Gasteiger partial charge on any atom is -0.306 e. The SMILES string of the molecule is O=C(Nc1ccnc(Cl)n1)c1ccc(Cl)c(Cl)c1. The van der Waals surface area contributed by atoms with Crippen molar-refractivity contribution in [2.75, 3.05) is 5.32 Å². The summed E-state index contributed by atoms with van der Waals surface area (Å²) in [7, 11) is 0. The molecule has 4 nitrogen and oxygen atoms in total. The second-order valence-electron chi connectivity index (χ2n) is 3.29. The monoisotopic (exact) mass is 301 g/mol. The summed E-state index contributed by atoms with van der Waals surface area (Å²) in [5.74, 6) is -0.0468. The topological polar surface area (TPSA) is 54.9 Å². The van der Waals surface area contributed by atoms with Crippen molar-refractivity contribution in [2.24, 2.45) is 0 Å². The summed E-state index contributed by atoms with van der Waals surface area (Å²) in [5.41, 5.74) is 0.374. The van der Waals surface area contributed by atoms with E-state index < -0.39 is 0 Å². The molecule has 1 aromatic carbocycles. The van der Waals surface area contributed by atoms with Crippen molar-refractivity contribution in [3.8, 4) is 0 Å². The molecule has 2 rings (SSSR count). The molecule has 1 aromatic heterocycles. The van der Waals surface area contributed by atoms with Gasteiger partial charge in [-0.05, 0) is 35.9 Å². The highest BCUT2D eigenvalue weighted by Gasteiger charge is 2.09. The molecule has 1 N–H and O–H groups in total. The fraction of sp³-hybridized carbons (Fsp3) is 0. The standard InChI is InChI=1S/C11H6Cl3N3O/c12-7-2-1-6(5-8(7)13)10(18)16-9-3-4-15-11(14)17-9/h1-5H,(H,15,16,17,18). The zero-order valence-corrected chi connectivity index (χ0v) is 11.1. The van der Waals surface area contributed by atoms with Gasteiger partial charge in [0.2, 0.25) is 5.28 Å². The zero-order valence-electron chi connectivity index (χ0n) is 8.82. The van der Waals surface area contributed by atoms with Crippen molar-refractivity contribution in [2.45, 2.75) is 0 Å². The van der Waals surface area contributed by atoms with Crippen LogP contribution in [0.25, 0.3) is 0 Å². The van der Waals surface area contributed by atoms with Gasteiger partial charge < -0.3 is 5.32 Å². The lowest BCUT2D eigenvalue weighted by atomic mass is 10.2. The number of halogens is 3. The van der Waals surface area contributed by atoms with Gasteiger partial charge in [0.25, 0.3) is 5.91 Å². The van der Waals surface area contributed by atoms with Gasteiger partial charge in [-0.1, -0.05) is 23.2 Å². The molecule has 0 spiro atoms. The minimum absolute atomic E-state index is 0.0574. The number of hydrogen-bond donors (Lipinski definition) is 1. The third kappa shape index (κ3) is 3.10. The number of nitrogens with zero attached hydrogens (tertiary/aromatic N) is 2. The molecule has 0 aliphatic carbocycles. The Balaban J connectivity index is 2.19. The second kappa shape index (κ2) is 5.52. The molecule has 0 aliphatic rings. The maximum Gasteiger partial charge on any atom is 0.256 e. The molecule has 2 aromatic rings. The molecule has 0 atom stereocenters. The van der Waals surface area contributed by atoms with E-state index in [1.807, 2.05) is 0 Å². The number of nitrogens with one attached hydrogen (secondary N) is 1. The highest BCUT2D eigenvalue weighted by molar-refractivity contribution is 6.42. The lowest BCUT2D eigenvalue weighted by Crippen LogP contribution is -2.13. The molecule has 0 fully saturated rings. The highest BCUT2D eigenvalue weighted by atomic mass is 35.5. The van der Waals surface area contributed by atoms with Gasteiger partial charge in [0.05, 0.1) is 10.0 Å². The number of rotatable bonds is 2. The van der Waals surface area contributed by atoms with Crippen LogP contribution in [0.2, 0.25) is 15.3 Å². The van der Waals surface area contributed by atoms with Crippen LogP contribution < -0.4 is 5.32 Å². The van der Waals surface area contributed by atoms with Gasteiger partial charge in [-0.3, -0.25) is 4.79 Å². The van der Waals surface area contributed by atoms with Gasteiger partial charge in [0, 0.05) is 11.8 Å². The first-order chi connectivity index (χ1) is 8.56. The van der Waals surface area contributed by atoms with Gasteiger partial charge in [0.1, 0.15) is 5.82 Å². The van der Waals surface area contributed by atoms with Crippen molar-refractivity contribution in [3.05, 3.63) is 51.4 Å². The summed E-state index contributed by atoms with van der Waals surface area (Å²) in [6.07, 6.45) is 1.44. The summed E-state index contributed by atoms with van der Waals surface area (Å²) < 4.78 is 0. The van der Waals surface area contributed by atoms with E-state index in [1.165, 1.54) is 18.3 Å². The number of carbonyl (C=O) groups excluding carboxylic acids is 1. The summed E-state index contributed by atoms with van der Waals surface area (Å²) >= 11 is 17.2. The largest absolute Gasteiger partial charge is 0.306 e. The van der Waals surface area contributed by atoms with Gasteiger partial charge in [-0.25, -0.2) is 9.97 Å². The van der Waals surface area contributed by atoms with E-state index >= 15 is 0 Å². The fourth-order valence-corrected chi connectivity index (χ4v) is 1.68. The number of anilines is 1. The summed E-state index contributed by atoms with van der Waals surface area (Å²) in [5, 5.41) is 3.32. The highest BCUT2D eigenvalue weighted by Crippen LogP contribution is 2.23. The van der Waals surface area contributed by atoms with E-state index in [0.29, 0.717) is 21.4 Å². The number of aromatic nitrogens is 2. The second-order valence-corrected chi connectivity index (χ2v) is 4.45. The van der Waals surface area contributed by atoms with Crippen molar-refractivity contribution in [1.82, 2.24) is 9.97 Å². The predicted molar refractivity (Wildman–Crippen MR) is 71.5 cm³/mol. The van der Waals surface area contributed by atoms with Gasteiger partial charge >= 0.3 is 0 Å². The summed E-state index contributed by atoms with van der Waals surface area (Å²) in [6.45, 7) is 0. The summed E-state index contributed by atoms with van der Waals surface area (Å²) in [6, 6.07) is 6.11. The third-order valence-corrected chi connectivity index (χ3v) is 2.97. The molecular formula is C11H6Cl3N3O. The average Bonchev–Trinajstić information content (AvgIpc) is 2.32. The van der Waals surface area contributed by atoms with Crippen molar-refractivity contribution in [1.29, 1.82) is 0 Å². The van der Waals surface area contributed by atoms with Crippen LogP contribution in [0.5, 0.6) is 0 Å².